The third kappa shape index (κ3) is 3.10. The zero-order valence-electron chi connectivity index (χ0n) is 19.0. The van der Waals surface area contributed by atoms with E-state index in [4.69, 9.17) is 4.74 Å². The van der Waals surface area contributed by atoms with Crippen molar-refractivity contribution in [3.63, 3.8) is 0 Å². The van der Waals surface area contributed by atoms with Crippen molar-refractivity contribution in [3.8, 4) is 11.8 Å². The Kier molecular flexibility index (Phi) is 4.62. The van der Waals surface area contributed by atoms with Gasteiger partial charge in [0.15, 0.2) is 11.2 Å². The predicted octanol–water partition coefficient (Wildman–Crippen LogP) is 4.03. The maximum absolute atomic E-state index is 16.2. The van der Waals surface area contributed by atoms with Crippen LogP contribution in [0.2, 0.25) is 0 Å². The molecule has 4 aliphatic carbocycles. The molecule has 1 unspecified atom stereocenters. The molecule has 0 radical (unpaired) electrons. The molecule has 0 aliphatic heterocycles. The van der Waals surface area contributed by atoms with Gasteiger partial charge in [0.25, 0.3) is 5.92 Å². The smallest absolute Gasteiger partial charge is 0.287 e. The van der Waals surface area contributed by atoms with Crippen LogP contribution in [0.15, 0.2) is 48.8 Å². The molecule has 1 heterocycles. The number of nitriles is 1. The molecule has 3 aromatic rings. The molecule has 1 atom stereocenters. The maximum Gasteiger partial charge on any atom is 0.287 e. The summed E-state index contributed by atoms with van der Waals surface area (Å²) >= 11 is 0. The van der Waals surface area contributed by atoms with E-state index in [1.165, 1.54) is 0 Å². The van der Waals surface area contributed by atoms with Crippen molar-refractivity contribution in [2.24, 2.45) is 5.41 Å². The fourth-order valence-corrected chi connectivity index (χ4v) is 5.98. The van der Waals surface area contributed by atoms with Gasteiger partial charge in [-0.2, -0.15) is 5.26 Å². The Morgan fingerprint density at radius 2 is 1.78 bits per heavy atom. The summed E-state index contributed by atoms with van der Waals surface area (Å²) in [5, 5.41) is 31.0. The van der Waals surface area contributed by atoms with E-state index in [0.717, 1.165) is 28.7 Å². The highest BCUT2D eigenvalue weighted by atomic mass is 19.3. The summed E-state index contributed by atoms with van der Waals surface area (Å²) in [6.07, 6.45) is 2.68. The first-order valence-electron chi connectivity index (χ1n) is 11.5. The topological polar surface area (TPSA) is 96.8 Å². The average molecular weight is 499 g/mol. The number of rotatable bonds is 8. The maximum atomic E-state index is 16.2. The number of alkyl halides is 2. The Bertz CT molecular complexity index is 1350. The minimum absolute atomic E-state index is 0.0933. The van der Waals surface area contributed by atoms with Crippen molar-refractivity contribution in [1.82, 2.24) is 20.2 Å². The number of hydrogen-bond donors (Lipinski definition) is 1. The fourth-order valence-electron chi connectivity index (χ4n) is 5.98. The van der Waals surface area contributed by atoms with Gasteiger partial charge in [0, 0.05) is 29.9 Å². The second-order valence-electron chi connectivity index (χ2n) is 10.4. The molecule has 1 N–H and O–H groups in total. The van der Waals surface area contributed by atoms with E-state index in [0.29, 0.717) is 24.7 Å². The lowest BCUT2D eigenvalue weighted by atomic mass is 9.30. The zero-order valence-corrected chi connectivity index (χ0v) is 19.0. The molecular weight excluding hydrogens is 478 g/mol. The first-order valence-corrected chi connectivity index (χ1v) is 11.5. The number of hydrogen-bond acceptors (Lipinski definition) is 6. The fraction of sp³-hybridized carbons (Fsp3) is 0.440. The average Bonchev–Trinajstić information content (AvgIpc) is 3.36. The summed E-state index contributed by atoms with van der Waals surface area (Å²) in [4.78, 5) is 0. The van der Waals surface area contributed by atoms with E-state index in [-0.39, 0.29) is 19.3 Å². The second-order valence-corrected chi connectivity index (χ2v) is 10.4. The van der Waals surface area contributed by atoms with Gasteiger partial charge in [-0.05, 0) is 64.9 Å². The Labute approximate surface area is 203 Å². The molecule has 2 bridgehead atoms. The van der Waals surface area contributed by atoms with Crippen molar-refractivity contribution in [2.75, 3.05) is 0 Å². The molecule has 0 spiro atoms. The van der Waals surface area contributed by atoms with Crippen LogP contribution in [0, 0.1) is 28.4 Å². The van der Waals surface area contributed by atoms with Crippen LogP contribution in [-0.2, 0) is 17.6 Å². The highest BCUT2D eigenvalue weighted by molar-refractivity contribution is 5.45. The van der Waals surface area contributed by atoms with Gasteiger partial charge in [-0.3, -0.25) is 0 Å². The Morgan fingerprint density at radius 3 is 2.33 bits per heavy atom. The Balaban J connectivity index is 1.27. The molecule has 7 nitrogen and oxygen atoms in total. The van der Waals surface area contributed by atoms with Crippen molar-refractivity contribution in [2.45, 2.75) is 61.2 Å². The van der Waals surface area contributed by atoms with E-state index in [1.807, 2.05) is 12.1 Å². The number of halogens is 4. The van der Waals surface area contributed by atoms with Gasteiger partial charge >= 0.3 is 0 Å². The molecule has 0 amide bonds. The monoisotopic (exact) mass is 499 g/mol. The number of aromatic nitrogens is 4. The molecule has 4 aliphatic rings. The van der Waals surface area contributed by atoms with E-state index in [2.05, 4.69) is 21.6 Å². The lowest BCUT2D eigenvalue weighted by Crippen LogP contribution is -2.76. The van der Waals surface area contributed by atoms with E-state index < -0.39 is 51.7 Å². The highest BCUT2D eigenvalue weighted by Gasteiger charge is 2.82. The van der Waals surface area contributed by atoms with E-state index in [1.54, 1.807) is 12.1 Å². The van der Waals surface area contributed by atoms with Gasteiger partial charge in [-0.1, -0.05) is 12.1 Å². The molecule has 1 aromatic heterocycles. The van der Waals surface area contributed by atoms with Crippen LogP contribution in [0.5, 0.6) is 5.75 Å². The van der Waals surface area contributed by atoms with Gasteiger partial charge in [0.2, 0.25) is 0 Å². The van der Waals surface area contributed by atoms with Crippen molar-refractivity contribution in [1.29, 1.82) is 5.26 Å². The van der Waals surface area contributed by atoms with Gasteiger partial charge in [-0.25, -0.2) is 22.2 Å². The first-order chi connectivity index (χ1) is 17.1. The van der Waals surface area contributed by atoms with Crippen LogP contribution >= 0.6 is 0 Å². The molecule has 7 rings (SSSR count). The molecule has 4 fully saturated rings. The van der Waals surface area contributed by atoms with Crippen molar-refractivity contribution < 1.29 is 27.4 Å². The number of aliphatic hydroxyl groups is 1. The summed E-state index contributed by atoms with van der Waals surface area (Å²) < 4.78 is 67.4. The van der Waals surface area contributed by atoms with Crippen molar-refractivity contribution in [3.05, 3.63) is 71.6 Å². The summed E-state index contributed by atoms with van der Waals surface area (Å²) in [6, 6.07) is 11.4. The summed E-state index contributed by atoms with van der Waals surface area (Å²) in [5.41, 5.74) is -5.66. The highest BCUT2D eigenvalue weighted by Crippen LogP contribution is 2.80. The molecule has 186 valence electrons. The number of ether oxygens (including phenoxy) is 1. The van der Waals surface area contributed by atoms with E-state index in [9.17, 15) is 19.1 Å². The molecule has 2 aromatic carbocycles. The lowest BCUT2D eigenvalue weighted by molar-refractivity contribution is -0.347. The summed E-state index contributed by atoms with van der Waals surface area (Å²) in [5.74, 6) is -5.44. The minimum atomic E-state index is -3.78. The summed E-state index contributed by atoms with van der Waals surface area (Å²) in [6.45, 7) is -0.809. The van der Waals surface area contributed by atoms with Crippen LogP contribution in [0.3, 0.4) is 0 Å². The van der Waals surface area contributed by atoms with Crippen LogP contribution < -0.4 is 4.74 Å². The largest absolute Gasteiger partial charge is 0.472 e. The quantitative estimate of drug-likeness (QED) is 0.470. The van der Waals surface area contributed by atoms with Crippen molar-refractivity contribution >= 4 is 0 Å². The van der Waals surface area contributed by atoms with Crippen LogP contribution in [0.4, 0.5) is 17.6 Å². The van der Waals surface area contributed by atoms with Gasteiger partial charge < -0.3 is 9.84 Å². The third-order valence-electron chi connectivity index (χ3n) is 8.06. The Hall–Kier alpha value is -3.52. The van der Waals surface area contributed by atoms with Gasteiger partial charge in [0.1, 0.15) is 29.8 Å². The molecule has 4 saturated carbocycles. The zero-order chi connectivity index (χ0) is 25.4. The summed E-state index contributed by atoms with van der Waals surface area (Å²) in [7, 11) is 0. The minimum Gasteiger partial charge on any atom is -0.472 e. The van der Waals surface area contributed by atoms with Crippen LogP contribution in [0.25, 0.3) is 0 Å². The predicted molar refractivity (Wildman–Crippen MR) is 116 cm³/mol. The second kappa shape index (κ2) is 7.26. The number of benzene rings is 2. The molecular formula is C25H21F4N5O2. The van der Waals surface area contributed by atoms with Crippen LogP contribution in [-0.4, -0.2) is 36.8 Å². The Morgan fingerprint density at radius 1 is 1.08 bits per heavy atom. The SMILES string of the molecule is N#CC1(Oc2ccc(C34CC(C(F)(F)C(O)(Cn5cnnn5)c5ccc(F)cc5F)(C3)C4)cc2)CC1. The normalized spacial score (nSPS) is 27.2. The van der Waals surface area contributed by atoms with Gasteiger partial charge in [-0.15, -0.1) is 5.10 Å². The number of tetrazole rings is 1. The first kappa shape index (κ1) is 22.9. The molecule has 36 heavy (non-hydrogen) atoms. The van der Waals surface area contributed by atoms with Gasteiger partial charge in [0.05, 0.1) is 6.54 Å². The third-order valence-corrected chi connectivity index (χ3v) is 8.06. The lowest BCUT2D eigenvalue weighted by Gasteiger charge is -2.74. The van der Waals surface area contributed by atoms with E-state index >= 15 is 8.78 Å². The van der Waals surface area contributed by atoms with Crippen LogP contribution in [0.1, 0.15) is 43.2 Å². The number of nitrogens with zero attached hydrogens (tertiary/aromatic N) is 5. The molecule has 11 heteroatoms. The standard InChI is InChI=1S/C25H21F4N5O2/c26-17-3-6-19(20(27)9-17)24(35,14-34-15-31-32-33-34)25(28,29)22-10-21(11-22,12-22)16-1-4-18(5-2-16)36-23(13-30)7-8-23/h1-6,9,15,35H,7-8,10-12,14H2. The molecule has 0 saturated heterocycles.